The zero-order valence-electron chi connectivity index (χ0n) is 9.28. The van der Waals surface area contributed by atoms with Gasteiger partial charge in [0, 0.05) is 18.7 Å². The average Bonchev–Trinajstić information content (AvgIpc) is 2.20. The zero-order valence-corrected chi connectivity index (χ0v) is 11.0. The van der Waals surface area contributed by atoms with Crippen molar-refractivity contribution in [2.75, 3.05) is 13.1 Å². The summed E-state index contributed by atoms with van der Waals surface area (Å²) >= 11 is 5.48. The summed E-state index contributed by atoms with van der Waals surface area (Å²) in [6.45, 7) is 5.95. The van der Waals surface area contributed by atoms with E-state index in [9.17, 15) is 4.89 Å². The van der Waals surface area contributed by atoms with E-state index in [1.807, 2.05) is 0 Å². The maximum atomic E-state index is 10.5. The maximum Gasteiger partial charge on any atom is 0.132 e. The molecule has 14 heavy (non-hydrogen) atoms. The molecule has 0 aromatic rings. The second kappa shape index (κ2) is 5.60. The van der Waals surface area contributed by atoms with Crippen molar-refractivity contribution in [3.8, 4) is 0 Å². The van der Waals surface area contributed by atoms with E-state index in [4.69, 9.17) is 11.8 Å². The summed E-state index contributed by atoms with van der Waals surface area (Å²) in [4.78, 5) is 10.5. The van der Waals surface area contributed by atoms with Gasteiger partial charge >= 0.3 is 0 Å². The van der Waals surface area contributed by atoms with Crippen LogP contribution in [0.25, 0.3) is 0 Å². The molecule has 1 atom stereocenters. The van der Waals surface area contributed by atoms with Crippen molar-refractivity contribution in [1.82, 2.24) is 4.67 Å². The highest BCUT2D eigenvalue weighted by atomic mass is 32.4. The van der Waals surface area contributed by atoms with Gasteiger partial charge in [0.1, 0.15) is 6.42 Å². The van der Waals surface area contributed by atoms with Crippen LogP contribution in [0.15, 0.2) is 0 Å². The third-order valence-corrected chi connectivity index (χ3v) is 7.62. The highest BCUT2D eigenvalue weighted by molar-refractivity contribution is 8.10. The molecule has 1 N–H and O–H groups in total. The number of hydrogen-bond acceptors (Lipinski definition) is 1. The Labute approximate surface area is 92.8 Å². The summed E-state index contributed by atoms with van der Waals surface area (Å²) in [6, 6.07) is 0. The number of hydrogen-bond donors (Lipinski definition) is 1. The highest BCUT2D eigenvalue weighted by Gasteiger charge is 2.31. The fourth-order valence-corrected chi connectivity index (χ4v) is 5.91. The Kier molecular flexibility index (Phi) is 5.05. The average molecular weight is 235 g/mol. The van der Waals surface area contributed by atoms with E-state index in [1.165, 1.54) is 19.3 Å². The van der Waals surface area contributed by atoms with Crippen LogP contribution in [-0.2, 0) is 11.8 Å². The maximum absolute atomic E-state index is 10.5. The predicted molar refractivity (Wildman–Crippen MR) is 66.3 cm³/mol. The van der Waals surface area contributed by atoms with Gasteiger partial charge in [-0.3, -0.25) is 4.67 Å². The van der Waals surface area contributed by atoms with E-state index in [0.29, 0.717) is 5.66 Å². The quantitative estimate of drug-likeness (QED) is 0.758. The second-order valence-electron chi connectivity index (χ2n) is 4.02. The second-order valence-corrected chi connectivity index (χ2v) is 8.11. The Morgan fingerprint density at radius 2 is 1.71 bits per heavy atom. The number of rotatable bonds is 4. The summed E-state index contributed by atoms with van der Waals surface area (Å²) < 4.78 is 2.11. The molecule has 0 radical (unpaired) electrons. The van der Waals surface area contributed by atoms with E-state index < -0.39 is 6.42 Å². The van der Waals surface area contributed by atoms with Gasteiger partial charge < -0.3 is 4.89 Å². The molecular formula is C10H22NOPS. The third kappa shape index (κ3) is 2.79. The molecule has 0 saturated heterocycles. The van der Waals surface area contributed by atoms with Crippen LogP contribution in [0.3, 0.4) is 0 Å². The Morgan fingerprint density at radius 3 is 2.14 bits per heavy atom. The molecular weight excluding hydrogens is 213 g/mol. The van der Waals surface area contributed by atoms with Crippen molar-refractivity contribution in [2.24, 2.45) is 0 Å². The van der Waals surface area contributed by atoms with Gasteiger partial charge in [-0.25, -0.2) is 0 Å². The molecule has 0 heterocycles. The van der Waals surface area contributed by atoms with E-state index in [1.54, 1.807) is 0 Å². The van der Waals surface area contributed by atoms with Crippen LogP contribution in [0.4, 0.5) is 0 Å². The molecule has 0 spiro atoms. The minimum atomic E-state index is -2.21. The lowest BCUT2D eigenvalue weighted by molar-refractivity contribution is 0.401. The van der Waals surface area contributed by atoms with Crippen molar-refractivity contribution in [1.29, 1.82) is 0 Å². The van der Waals surface area contributed by atoms with Gasteiger partial charge in [-0.05, 0) is 12.8 Å². The lowest BCUT2D eigenvalue weighted by atomic mass is 10.0. The first-order chi connectivity index (χ1) is 6.62. The van der Waals surface area contributed by atoms with Gasteiger partial charge in [-0.15, -0.1) is 0 Å². The summed E-state index contributed by atoms with van der Waals surface area (Å²) in [5.74, 6) is 0. The van der Waals surface area contributed by atoms with Crippen molar-refractivity contribution in [2.45, 2.75) is 51.6 Å². The van der Waals surface area contributed by atoms with Crippen molar-refractivity contribution in [3.63, 3.8) is 0 Å². The Balaban J connectivity index is 2.65. The first-order valence-electron chi connectivity index (χ1n) is 5.70. The van der Waals surface area contributed by atoms with Crippen molar-refractivity contribution in [3.05, 3.63) is 0 Å². The normalized spacial score (nSPS) is 23.7. The molecule has 1 unspecified atom stereocenters. The highest BCUT2D eigenvalue weighted by Crippen LogP contribution is 2.54. The minimum Gasteiger partial charge on any atom is -0.353 e. The first-order valence-corrected chi connectivity index (χ1v) is 8.48. The smallest absolute Gasteiger partial charge is 0.132 e. The van der Waals surface area contributed by atoms with Crippen LogP contribution >= 0.6 is 6.42 Å². The Morgan fingerprint density at radius 1 is 1.21 bits per heavy atom. The van der Waals surface area contributed by atoms with Crippen LogP contribution in [0, 0.1) is 0 Å². The first kappa shape index (κ1) is 12.6. The molecule has 84 valence electrons. The van der Waals surface area contributed by atoms with Gasteiger partial charge in [-0.2, -0.15) is 0 Å². The summed E-state index contributed by atoms with van der Waals surface area (Å²) in [5.41, 5.74) is 0.408. The van der Waals surface area contributed by atoms with Crippen LogP contribution in [0.1, 0.15) is 46.0 Å². The standard InChI is InChI=1S/C10H22NOPS/c1-3-11(4-2)13(12,14)10-8-6-5-7-9-10/h10H,3-9H2,1-2H3,(H,12,14). The Hall–Kier alpha value is 0.570. The van der Waals surface area contributed by atoms with Crippen LogP contribution in [-0.4, -0.2) is 28.3 Å². The molecule has 1 rings (SSSR count). The molecule has 0 aromatic carbocycles. The molecule has 1 saturated carbocycles. The fraction of sp³-hybridized carbons (Fsp3) is 1.00. The largest absolute Gasteiger partial charge is 0.353 e. The Bertz CT molecular complexity index is 212. The molecule has 2 nitrogen and oxygen atoms in total. The monoisotopic (exact) mass is 235 g/mol. The summed E-state index contributed by atoms with van der Waals surface area (Å²) in [7, 11) is 0. The molecule has 1 aliphatic carbocycles. The topological polar surface area (TPSA) is 23.5 Å². The SMILES string of the molecule is CCN(CC)P(O)(=S)C1CCCCC1. The lowest BCUT2D eigenvalue weighted by Crippen LogP contribution is -2.27. The van der Waals surface area contributed by atoms with Crippen LogP contribution in [0.2, 0.25) is 0 Å². The third-order valence-electron chi connectivity index (χ3n) is 3.19. The van der Waals surface area contributed by atoms with Gasteiger partial charge in [0.05, 0.1) is 0 Å². The zero-order chi connectivity index (χ0) is 10.6. The van der Waals surface area contributed by atoms with Crippen LogP contribution in [0.5, 0.6) is 0 Å². The fourth-order valence-electron chi connectivity index (χ4n) is 2.28. The van der Waals surface area contributed by atoms with Gasteiger partial charge in [0.15, 0.2) is 0 Å². The summed E-state index contributed by atoms with van der Waals surface area (Å²) in [6.07, 6.45) is 3.91. The molecule has 0 amide bonds. The number of nitrogens with zero attached hydrogens (tertiary/aromatic N) is 1. The van der Waals surface area contributed by atoms with E-state index in [-0.39, 0.29) is 0 Å². The lowest BCUT2D eigenvalue weighted by Gasteiger charge is -2.36. The van der Waals surface area contributed by atoms with Crippen LogP contribution < -0.4 is 0 Å². The van der Waals surface area contributed by atoms with E-state index >= 15 is 0 Å². The molecule has 0 bridgehead atoms. The molecule has 4 heteroatoms. The van der Waals surface area contributed by atoms with E-state index in [2.05, 4.69) is 18.5 Å². The minimum absolute atomic E-state index is 0.408. The molecule has 1 fully saturated rings. The van der Waals surface area contributed by atoms with E-state index in [0.717, 1.165) is 25.9 Å². The van der Waals surface area contributed by atoms with Gasteiger partial charge in [0.2, 0.25) is 0 Å². The van der Waals surface area contributed by atoms with Crippen molar-refractivity contribution >= 4 is 18.2 Å². The molecule has 0 aromatic heterocycles. The molecule has 0 aliphatic heterocycles. The predicted octanol–water partition coefficient (Wildman–Crippen LogP) is 2.96. The van der Waals surface area contributed by atoms with Gasteiger partial charge in [0.25, 0.3) is 0 Å². The summed E-state index contributed by atoms with van der Waals surface area (Å²) in [5, 5.41) is 0. The molecule has 1 aliphatic rings. The van der Waals surface area contributed by atoms with Gasteiger partial charge in [-0.1, -0.05) is 44.9 Å². The van der Waals surface area contributed by atoms with Crippen molar-refractivity contribution < 1.29 is 4.89 Å².